The van der Waals surface area contributed by atoms with Crippen molar-refractivity contribution in [1.82, 2.24) is 5.32 Å². The molecule has 1 aliphatic heterocycles. The summed E-state index contributed by atoms with van der Waals surface area (Å²) in [5.41, 5.74) is 0. The third-order valence-electron chi connectivity index (χ3n) is 2.43. The van der Waals surface area contributed by atoms with Crippen molar-refractivity contribution in [2.75, 3.05) is 6.54 Å². The average Bonchev–Trinajstić information content (AvgIpc) is 2.90. The van der Waals surface area contributed by atoms with Gasteiger partial charge in [0.15, 0.2) is 0 Å². The van der Waals surface area contributed by atoms with Crippen molar-refractivity contribution in [3.63, 3.8) is 0 Å². The lowest BCUT2D eigenvalue weighted by Gasteiger charge is -2.11. The van der Waals surface area contributed by atoms with Gasteiger partial charge in [0.25, 0.3) is 5.97 Å². The Morgan fingerprint density at radius 2 is 1.71 bits per heavy atom. The minimum atomic E-state index is -0.833. The molecule has 1 aliphatic rings. The van der Waals surface area contributed by atoms with E-state index in [0.29, 0.717) is 13.0 Å². The molecule has 1 fully saturated rings. The number of hydrogen-bond acceptors (Lipinski definition) is 4. The summed E-state index contributed by atoms with van der Waals surface area (Å²) in [4.78, 5) is 19.7. The van der Waals surface area contributed by atoms with E-state index in [9.17, 15) is 4.79 Å². The summed E-state index contributed by atoms with van der Waals surface area (Å²) < 4.78 is 5.63. The largest absolute Gasteiger partial charge is 0.489 e. The number of rotatable bonds is 3. The van der Waals surface area contributed by atoms with Gasteiger partial charge in [-0.2, -0.15) is 0 Å². The Morgan fingerprint density at radius 1 is 1.19 bits per heavy atom. The lowest BCUT2D eigenvalue weighted by Crippen LogP contribution is -2.30. The topological polar surface area (TPSA) is 95.9 Å². The third kappa shape index (κ3) is 8.65. The molecule has 0 aromatic heterocycles. The molecule has 1 unspecified atom stereocenters. The lowest BCUT2D eigenvalue weighted by molar-refractivity contribution is -0.139. The fraction of sp³-hybridized carbons (Fsp3) is 0.467. The van der Waals surface area contributed by atoms with Crippen molar-refractivity contribution in [3.8, 4) is 5.75 Å². The predicted molar refractivity (Wildman–Crippen MR) is 79.6 cm³/mol. The maximum Gasteiger partial charge on any atom is 0.320 e. The zero-order valence-corrected chi connectivity index (χ0v) is 12.6. The molecule has 1 aromatic carbocycles. The molecule has 21 heavy (non-hydrogen) atoms. The van der Waals surface area contributed by atoms with E-state index in [2.05, 4.69) is 5.32 Å². The molecule has 2 rings (SSSR count). The van der Waals surface area contributed by atoms with Crippen LogP contribution in [0.25, 0.3) is 0 Å². The van der Waals surface area contributed by atoms with Gasteiger partial charge in [-0.15, -0.1) is 0 Å². The summed E-state index contributed by atoms with van der Waals surface area (Å²) in [6.45, 7) is 5.67. The first-order valence-electron chi connectivity index (χ1n) is 6.86. The molecule has 6 heteroatoms. The van der Waals surface area contributed by atoms with Gasteiger partial charge in [0.05, 0.1) is 0 Å². The quantitative estimate of drug-likeness (QED) is 0.789. The van der Waals surface area contributed by atoms with Crippen LogP contribution in [0, 0.1) is 0 Å². The Morgan fingerprint density at radius 3 is 2.14 bits per heavy atom. The molecule has 118 valence electrons. The summed E-state index contributed by atoms with van der Waals surface area (Å²) in [6, 6.07) is 8.97. The van der Waals surface area contributed by atoms with Crippen LogP contribution < -0.4 is 10.1 Å². The Kier molecular flexibility index (Phi) is 9.62. The van der Waals surface area contributed by atoms with Gasteiger partial charge in [0.1, 0.15) is 17.9 Å². The molecule has 0 bridgehead atoms. The first-order chi connectivity index (χ1) is 9.99. The molecule has 6 nitrogen and oxygen atoms in total. The van der Waals surface area contributed by atoms with E-state index in [0.717, 1.165) is 12.7 Å². The van der Waals surface area contributed by atoms with Gasteiger partial charge >= 0.3 is 5.97 Å². The summed E-state index contributed by atoms with van der Waals surface area (Å²) >= 11 is 0. The second-order valence-corrected chi connectivity index (χ2v) is 4.11. The van der Waals surface area contributed by atoms with E-state index < -0.39 is 18.0 Å². The molecule has 1 aromatic rings. The average molecular weight is 297 g/mol. The Bertz CT molecular complexity index is 417. The van der Waals surface area contributed by atoms with Crippen LogP contribution in [0.4, 0.5) is 0 Å². The van der Waals surface area contributed by atoms with E-state index in [-0.39, 0.29) is 6.10 Å². The number of ether oxygens (including phenoxy) is 1. The van der Waals surface area contributed by atoms with Crippen molar-refractivity contribution < 1.29 is 24.5 Å². The molecule has 0 amide bonds. The first kappa shape index (κ1) is 18.9. The highest BCUT2D eigenvalue weighted by molar-refractivity contribution is 5.73. The molecular weight excluding hydrogens is 274 g/mol. The van der Waals surface area contributed by atoms with Crippen molar-refractivity contribution in [3.05, 3.63) is 30.3 Å². The Labute approximate surface area is 124 Å². The predicted octanol–water partition coefficient (Wildman–Crippen LogP) is 2.00. The maximum atomic E-state index is 10.7. The standard InChI is InChI=1S/C11H13NO3.C2H4O2.C2H6/c13-11(14)10-6-9(7-12-10)15-8-4-2-1-3-5-8;1-2(3)4;1-2/h1-5,9-10,12H,6-7H2,(H,13,14);1H3,(H,3,4);1-2H3/t9?,10-;;/m0../s1. The van der Waals surface area contributed by atoms with Crippen LogP contribution in [0.1, 0.15) is 27.2 Å². The minimum Gasteiger partial charge on any atom is -0.489 e. The number of carbonyl (C=O) groups is 2. The van der Waals surface area contributed by atoms with Gasteiger partial charge in [-0.25, -0.2) is 0 Å². The SMILES string of the molecule is CC.CC(=O)O.O=C(O)[C@@H]1CC(Oc2ccccc2)CN1. The van der Waals surface area contributed by atoms with E-state index >= 15 is 0 Å². The number of nitrogens with one attached hydrogen (secondary N) is 1. The Hall–Kier alpha value is -2.08. The minimum absolute atomic E-state index is 0.0477. The van der Waals surface area contributed by atoms with Gasteiger partial charge in [0.2, 0.25) is 0 Å². The van der Waals surface area contributed by atoms with Crippen LogP contribution >= 0.6 is 0 Å². The molecule has 1 heterocycles. The molecule has 3 N–H and O–H groups in total. The highest BCUT2D eigenvalue weighted by Crippen LogP contribution is 2.16. The van der Waals surface area contributed by atoms with Crippen LogP contribution in [0.5, 0.6) is 5.75 Å². The zero-order valence-electron chi connectivity index (χ0n) is 12.6. The lowest BCUT2D eigenvalue weighted by atomic mass is 10.2. The maximum absolute atomic E-state index is 10.7. The van der Waals surface area contributed by atoms with Crippen LogP contribution in [0.15, 0.2) is 30.3 Å². The monoisotopic (exact) mass is 297 g/mol. The molecule has 2 atom stereocenters. The summed E-state index contributed by atoms with van der Waals surface area (Å²) in [5, 5.41) is 19.1. The third-order valence-corrected chi connectivity index (χ3v) is 2.43. The van der Waals surface area contributed by atoms with E-state index in [1.807, 2.05) is 44.2 Å². The second-order valence-electron chi connectivity index (χ2n) is 4.11. The molecule has 0 aliphatic carbocycles. The smallest absolute Gasteiger partial charge is 0.320 e. The van der Waals surface area contributed by atoms with Crippen LogP contribution in [-0.2, 0) is 9.59 Å². The number of carboxylic acids is 2. The molecule has 1 saturated heterocycles. The van der Waals surface area contributed by atoms with E-state index in [4.69, 9.17) is 19.7 Å². The van der Waals surface area contributed by atoms with Gasteiger partial charge in [0, 0.05) is 19.9 Å². The first-order valence-corrected chi connectivity index (χ1v) is 6.86. The normalized spacial score (nSPS) is 19.4. The number of hydrogen-bond donors (Lipinski definition) is 3. The highest BCUT2D eigenvalue weighted by atomic mass is 16.5. The molecule has 0 spiro atoms. The number of para-hydroxylation sites is 1. The van der Waals surface area contributed by atoms with Crippen molar-refractivity contribution in [2.24, 2.45) is 0 Å². The van der Waals surface area contributed by atoms with Crippen LogP contribution in [-0.4, -0.2) is 40.8 Å². The molecule has 0 radical (unpaired) electrons. The molecular formula is C15H23NO5. The van der Waals surface area contributed by atoms with E-state index in [1.165, 1.54) is 0 Å². The zero-order chi connectivity index (χ0) is 16.3. The Balaban J connectivity index is 0.000000579. The fourth-order valence-electron chi connectivity index (χ4n) is 1.67. The van der Waals surface area contributed by atoms with Gasteiger partial charge in [-0.05, 0) is 12.1 Å². The van der Waals surface area contributed by atoms with Crippen molar-refractivity contribution >= 4 is 11.9 Å². The summed E-state index contributed by atoms with van der Waals surface area (Å²) in [6.07, 6.45) is 0.470. The number of benzene rings is 1. The summed E-state index contributed by atoms with van der Waals surface area (Å²) in [5.74, 6) is -0.857. The van der Waals surface area contributed by atoms with Crippen molar-refractivity contribution in [1.29, 1.82) is 0 Å². The van der Waals surface area contributed by atoms with Crippen LogP contribution in [0.3, 0.4) is 0 Å². The van der Waals surface area contributed by atoms with Gasteiger partial charge in [-0.1, -0.05) is 32.0 Å². The van der Waals surface area contributed by atoms with Crippen molar-refractivity contribution in [2.45, 2.75) is 39.3 Å². The van der Waals surface area contributed by atoms with Gasteiger partial charge in [-0.3, -0.25) is 9.59 Å². The van der Waals surface area contributed by atoms with Crippen LogP contribution in [0.2, 0.25) is 0 Å². The number of carboxylic acid groups (broad SMARTS) is 2. The van der Waals surface area contributed by atoms with E-state index in [1.54, 1.807) is 0 Å². The fourth-order valence-corrected chi connectivity index (χ4v) is 1.67. The number of aliphatic carboxylic acids is 2. The molecule has 0 saturated carbocycles. The summed E-state index contributed by atoms with van der Waals surface area (Å²) in [7, 11) is 0. The highest BCUT2D eigenvalue weighted by Gasteiger charge is 2.30. The second kappa shape index (κ2) is 10.7. The van der Waals surface area contributed by atoms with Gasteiger partial charge < -0.3 is 20.3 Å².